The van der Waals surface area contributed by atoms with Crippen LogP contribution in [0.5, 0.6) is 11.5 Å². The standard InChI is InChI=1S/C22H19ClN4O5S2/c1-3-31-17-11-14(10-16(23)18(17)32-12-13-7-5-4-6-8-13)9-15-19(24)27-21(25-20(15)28)33-26-22(27)34(2,29)30/h4-11,24H,3,12H2,1-2H3/b15-9-,24-19?. The third kappa shape index (κ3) is 4.86. The van der Waals surface area contributed by atoms with Gasteiger partial charge in [-0.05, 0) is 36.3 Å². The molecule has 34 heavy (non-hydrogen) atoms. The Hall–Kier alpha value is -3.15. The minimum absolute atomic E-state index is 0.0188. The highest BCUT2D eigenvalue weighted by molar-refractivity contribution is 8.16. The van der Waals surface area contributed by atoms with Crippen LogP contribution in [-0.2, 0) is 21.2 Å². The van der Waals surface area contributed by atoms with E-state index in [-0.39, 0.29) is 33.4 Å². The van der Waals surface area contributed by atoms with Crippen molar-refractivity contribution >= 4 is 61.5 Å². The Kier molecular flexibility index (Phi) is 6.78. The van der Waals surface area contributed by atoms with Crippen molar-refractivity contribution in [3.05, 3.63) is 64.2 Å². The molecule has 2 aromatic rings. The van der Waals surface area contributed by atoms with Crippen LogP contribution in [0.3, 0.4) is 0 Å². The van der Waals surface area contributed by atoms with Gasteiger partial charge in [-0.2, -0.15) is 9.39 Å². The number of hydrogen-bond acceptors (Lipinski definition) is 8. The summed E-state index contributed by atoms with van der Waals surface area (Å²) >= 11 is 7.22. The smallest absolute Gasteiger partial charge is 0.283 e. The van der Waals surface area contributed by atoms with Crippen LogP contribution in [0.4, 0.5) is 0 Å². The minimum atomic E-state index is -3.74. The number of carbonyl (C=O) groups excluding carboxylic acids is 1. The summed E-state index contributed by atoms with van der Waals surface area (Å²) < 4.78 is 39.6. The van der Waals surface area contributed by atoms with Gasteiger partial charge in [0, 0.05) is 6.26 Å². The van der Waals surface area contributed by atoms with Crippen LogP contribution in [0.15, 0.2) is 57.4 Å². The summed E-state index contributed by atoms with van der Waals surface area (Å²) in [5, 5.41) is 8.39. The van der Waals surface area contributed by atoms with Gasteiger partial charge in [-0.3, -0.25) is 10.2 Å². The van der Waals surface area contributed by atoms with Gasteiger partial charge in [0.1, 0.15) is 12.4 Å². The minimum Gasteiger partial charge on any atom is -0.490 e. The van der Waals surface area contributed by atoms with Crippen LogP contribution >= 0.6 is 23.5 Å². The van der Waals surface area contributed by atoms with E-state index in [0.29, 0.717) is 23.7 Å². The van der Waals surface area contributed by atoms with Crippen molar-refractivity contribution in [3.8, 4) is 11.5 Å². The van der Waals surface area contributed by atoms with E-state index in [9.17, 15) is 13.2 Å². The summed E-state index contributed by atoms with van der Waals surface area (Å²) in [5.41, 5.74) is 1.30. The second-order valence-electron chi connectivity index (χ2n) is 7.22. The first-order chi connectivity index (χ1) is 16.2. The molecule has 9 nitrogen and oxygen atoms in total. The quantitative estimate of drug-likeness (QED) is 0.454. The normalized spacial score (nSPS) is 16.9. The zero-order chi connectivity index (χ0) is 24.5. The SMILES string of the molecule is CCOc1cc(/C=C2/C(=N)N3C(=NC2=O)SN=C3S(C)(=O)=O)cc(Cl)c1OCc1ccccc1. The summed E-state index contributed by atoms with van der Waals surface area (Å²) in [6, 6.07) is 12.8. The molecule has 0 atom stereocenters. The maximum absolute atomic E-state index is 12.6. The van der Waals surface area contributed by atoms with Crippen LogP contribution in [0.2, 0.25) is 5.02 Å². The number of sulfone groups is 1. The van der Waals surface area contributed by atoms with Gasteiger partial charge in [0.2, 0.25) is 20.2 Å². The van der Waals surface area contributed by atoms with E-state index in [4.69, 9.17) is 26.5 Å². The lowest BCUT2D eigenvalue weighted by atomic mass is 10.1. The van der Waals surface area contributed by atoms with Crippen LogP contribution in [-0.4, -0.2) is 48.3 Å². The predicted molar refractivity (Wildman–Crippen MR) is 133 cm³/mol. The van der Waals surface area contributed by atoms with Crippen LogP contribution < -0.4 is 9.47 Å². The van der Waals surface area contributed by atoms with Crippen molar-refractivity contribution < 1.29 is 22.7 Å². The van der Waals surface area contributed by atoms with Crippen molar-refractivity contribution in [2.45, 2.75) is 13.5 Å². The predicted octanol–water partition coefficient (Wildman–Crippen LogP) is 3.94. The summed E-state index contributed by atoms with van der Waals surface area (Å²) in [6.45, 7) is 2.44. The Morgan fingerprint density at radius 2 is 1.94 bits per heavy atom. The number of nitrogens with one attached hydrogen (secondary N) is 1. The molecule has 0 unspecified atom stereocenters. The first-order valence-electron chi connectivity index (χ1n) is 10.0. The molecule has 0 spiro atoms. The van der Waals surface area contributed by atoms with E-state index >= 15 is 0 Å². The van der Waals surface area contributed by atoms with Gasteiger partial charge >= 0.3 is 0 Å². The molecule has 176 valence electrons. The third-order valence-electron chi connectivity index (χ3n) is 4.69. The van der Waals surface area contributed by atoms with Crippen LogP contribution in [0, 0.1) is 5.41 Å². The Morgan fingerprint density at radius 1 is 1.21 bits per heavy atom. The molecule has 2 aliphatic rings. The fourth-order valence-corrected chi connectivity index (χ4v) is 5.33. The molecule has 0 saturated carbocycles. The summed E-state index contributed by atoms with van der Waals surface area (Å²) in [4.78, 5) is 17.5. The van der Waals surface area contributed by atoms with Gasteiger partial charge in [0.25, 0.3) is 5.91 Å². The summed E-state index contributed by atoms with van der Waals surface area (Å²) in [5.74, 6) is -0.316. The van der Waals surface area contributed by atoms with Crippen molar-refractivity contribution in [2.75, 3.05) is 12.9 Å². The van der Waals surface area contributed by atoms with E-state index in [1.807, 2.05) is 37.3 Å². The first-order valence-corrected chi connectivity index (χ1v) is 13.0. The van der Waals surface area contributed by atoms with Crippen molar-refractivity contribution in [1.82, 2.24) is 4.90 Å². The summed E-state index contributed by atoms with van der Waals surface area (Å²) in [7, 11) is -3.74. The number of rotatable bonds is 6. The van der Waals surface area contributed by atoms with Gasteiger partial charge in [0.15, 0.2) is 11.5 Å². The van der Waals surface area contributed by atoms with Crippen molar-refractivity contribution in [1.29, 1.82) is 5.41 Å². The van der Waals surface area contributed by atoms with Gasteiger partial charge in [-0.1, -0.05) is 41.9 Å². The number of halogens is 1. The number of amidine groups is 3. The van der Waals surface area contributed by atoms with Gasteiger partial charge in [-0.15, -0.1) is 0 Å². The highest BCUT2D eigenvalue weighted by Crippen LogP contribution is 2.38. The maximum atomic E-state index is 12.6. The summed E-state index contributed by atoms with van der Waals surface area (Å²) in [6.07, 6.45) is 2.38. The lowest BCUT2D eigenvalue weighted by Crippen LogP contribution is -2.45. The molecule has 0 fully saturated rings. The van der Waals surface area contributed by atoms with E-state index in [0.717, 1.165) is 28.7 Å². The fourth-order valence-electron chi connectivity index (χ4n) is 3.21. The van der Waals surface area contributed by atoms with E-state index in [2.05, 4.69) is 9.39 Å². The van der Waals surface area contributed by atoms with E-state index in [1.165, 1.54) is 6.08 Å². The molecule has 2 aliphatic heterocycles. The lowest BCUT2D eigenvalue weighted by molar-refractivity contribution is -0.114. The Labute approximate surface area is 205 Å². The monoisotopic (exact) mass is 518 g/mol. The highest BCUT2D eigenvalue weighted by atomic mass is 35.5. The number of hydrogen-bond donors (Lipinski definition) is 1. The third-order valence-corrected chi connectivity index (χ3v) is 6.73. The maximum Gasteiger partial charge on any atom is 0.283 e. The van der Waals surface area contributed by atoms with Gasteiger partial charge < -0.3 is 9.47 Å². The average Bonchev–Trinajstić information content (AvgIpc) is 3.21. The molecular weight excluding hydrogens is 500 g/mol. The highest BCUT2D eigenvalue weighted by Gasteiger charge is 2.41. The molecule has 0 saturated heterocycles. The molecular formula is C22H19ClN4O5S2. The fraction of sp³-hybridized carbons (Fsp3) is 0.182. The number of amides is 1. The molecule has 1 amide bonds. The Morgan fingerprint density at radius 3 is 2.62 bits per heavy atom. The molecule has 0 aliphatic carbocycles. The zero-order valence-electron chi connectivity index (χ0n) is 18.1. The van der Waals surface area contributed by atoms with Crippen molar-refractivity contribution in [2.24, 2.45) is 9.39 Å². The topological polar surface area (TPSA) is 121 Å². The van der Waals surface area contributed by atoms with Crippen molar-refractivity contribution in [3.63, 3.8) is 0 Å². The molecule has 2 heterocycles. The van der Waals surface area contributed by atoms with E-state index < -0.39 is 15.7 Å². The molecule has 0 aromatic heterocycles. The number of nitrogens with zero attached hydrogens (tertiary/aromatic N) is 3. The van der Waals surface area contributed by atoms with Crippen LogP contribution in [0.1, 0.15) is 18.1 Å². The molecule has 0 radical (unpaired) electrons. The number of aliphatic imine (C=N–C) groups is 1. The van der Waals surface area contributed by atoms with E-state index in [1.54, 1.807) is 12.1 Å². The number of ether oxygens (including phenoxy) is 2. The zero-order valence-corrected chi connectivity index (χ0v) is 20.5. The molecule has 4 rings (SSSR count). The first kappa shape index (κ1) is 24.0. The number of benzene rings is 2. The Balaban J connectivity index is 1.68. The molecule has 12 heteroatoms. The number of carbonyl (C=O) groups is 1. The second-order valence-corrected chi connectivity index (χ2v) is 10.3. The second kappa shape index (κ2) is 9.61. The molecule has 1 N–H and O–H groups in total. The average molecular weight is 519 g/mol. The molecule has 2 aromatic carbocycles. The Bertz CT molecular complexity index is 1370. The largest absolute Gasteiger partial charge is 0.490 e. The van der Waals surface area contributed by atoms with Gasteiger partial charge in [0.05, 0.1) is 29.2 Å². The van der Waals surface area contributed by atoms with Gasteiger partial charge in [-0.25, -0.2) is 13.3 Å². The molecule has 0 bridgehead atoms. The van der Waals surface area contributed by atoms with Crippen LogP contribution in [0.25, 0.3) is 6.08 Å². The number of fused-ring (bicyclic) bond motifs is 1. The lowest BCUT2D eigenvalue weighted by Gasteiger charge is -2.24.